The summed E-state index contributed by atoms with van der Waals surface area (Å²) >= 11 is 0. The van der Waals surface area contributed by atoms with Gasteiger partial charge in [0.1, 0.15) is 0 Å². The Kier molecular flexibility index (Phi) is 10.0. The van der Waals surface area contributed by atoms with E-state index < -0.39 is 0 Å². The number of nitrogens with one attached hydrogen (secondary N) is 2. The summed E-state index contributed by atoms with van der Waals surface area (Å²) in [6.45, 7) is 11.7. The van der Waals surface area contributed by atoms with Crippen LogP contribution in [-0.2, 0) is 0 Å². The predicted molar refractivity (Wildman–Crippen MR) is 112 cm³/mol. The second-order valence-corrected chi connectivity index (χ2v) is 7.89. The number of hydrogen-bond donors (Lipinski definition) is 2. The number of carbonyl (C=O) groups is 1. The van der Waals surface area contributed by atoms with Crippen molar-refractivity contribution >= 4 is 30.7 Å². The third-order valence-corrected chi connectivity index (χ3v) is 5.34. The maximum Gasteiger partial charge on any atom is 0.273 e. The van der Waals surface area contributed by atoms with Crippen LogP contribution in [0.4, 0.5) is 0 Å². The van der Waals surface area contributed by atoms with Crippen molar-refractivity contribution in [3.63, 3.8) is 0 Å². The van der Waals surface area contributed by atoms with Crippen LogP contribution < -0.4 is 10.6 Å². The SMILES string of the molecule is Cc1c(C(=O)NC2CCN(CC(C)C)CC2)nnn1C1CCNCC1.Cl.Cl. The summed E-state index contributed by atoms with van der Waals surface area (Å²) in [5, 5.41) is 15.0. The second kappa shape index (κ2) is 11.2. The van der Waals surface area contributed by atoms with E-state index in [9.17, 15) is 4.79 Å². The number of likely N-dealkylation sites (tertiary alicyclic amines) is 1. The quantitative estimate of drug-likeness (QED) is 0.763. The van der Waals surface area contributed by atoms with Crippen LogP contribution in [0.15, 0.2) is 0 Å². The molecule has 27 heavy (non-hydrogen) atoms. The summed E-state index contributed by atoms with van der Waals surface area (Å²) in [4.78, 5) is 15.1. The van der Waals surface area contributed by atoms with Gasteiger partial charge in [-0.1, -0.05) is 19.1 Å². The number of aromatic nitrogens is 3. The summed E-state index contributed by atoms with van der Waals surface area (Å²) in [6, 6.07) is 0.605. The minimum atomic E-state index is -0.0694. The third-order valence-electron chi connectivity index (χ3n) is 5.34. The van der Waals surface area contributed by atoms with E-state index in [1.165, 1.54) is 0 Å². The molecule has 9 heteroatoms. The van der Waals surface area contributed by atoms with Gasteiger partial charge in [-0.15, -0.1) is 29.9 Å². The molecule has 2 aliphatic rings. The van der Waals surface area contributed by atoms with E-state index in [4.69, 9.17) is 0 Å². The fourth-order valence-corrected chi connectivity index (χ4v) is 3.98. The van der Waals surface area contributed by atoms with E-state index in [2.05, 4.69) is 39.7 Å². The van der Waals surface area contributed by atoms with Crippen LogP contribution in [0.25, 0.3) is 0 Å². The first-order valence-corrected chi connectivity index (χ1v) is 9.70. The average Bonchev–Trinajstić information content (AvgIpc) is 2.98. The van der Waals surface area contributed by atoms with Gasteiger partial charge in [-0.2, -0.15) is 0 Å². The molecule has 0 radical (unpaired) electrons. The van der Waals surface area contributed by atoms with E-state index in [-0.39, 0.29) is 36.8 Å². The first kappa shape index (κ1) is 24.1. The summed E-state index contributed by atoms with van der Waals surface area (Å²) < 4.78 is 1.95. The smallest absolute Gasteiger partial charge is 0.273 e. The van der Waals surface area contributed by atoms with Gasteiger partial charge in [-0.3, -0.25) is 4.79 Å². The van der Waals surface area contributed by atoms with Crippen LogP contribution in [0.1, 0.15) is 61.8 Å². The minimum Gasteiger partial charge on any atom is -0.348 e. The summed E-state index contributed by atoms with van der Waals surface area (Å²) in [6.07, 6.45) is 4.11. The van der Waals surface area contributed by atoms with Crippen molar-refractivity contribution in [2.24, 2.45) is 5.92 Å². The molecule has 0 aliphatic carbocycles. The number of rotatable bonds is 5. The first-order chi connectivity index (χ1) is 12.0. The van der Waals surface area contributed by atoms with Crippen molar-refractivity contribution in [2.45, 2.75) is 58.5 Å². The van der Waals surface area contributed by atoms with Crippen molar-refractivity contribution < 1.29 is 4.79 Å². The largest absolute Gasteiger partial charge is 0.348 e. The molecule has 1 aromatic heterocycles. The van der Waals surface area contributed by atoms with Gasteiger partial charge in [0, 0.05) is 25.7 Å². The van der Waals surface area contributed by atoms with Crippen molar-refractivity contribution in [2.75, 3.05) is 32.7 Å². The lowest BCUT2D eigenvalue weighted by atomic mass is 10.0. The van der Waals surface area contributed by atoms with E-state index in [1.807, 2.05) is 11.6 Å². The molecule has 0 unspecified atom stereocenters. The normalized spacial score (nSPS) is 19.4. The predicted octanol–water partition coefficient (Wildman–Crippen LogP) is 2.20. The van der Waals surface area contributed by atoms with Gasteiger partial charge in [-0.25, -0.2) is 4.68 Å². The molecule has 0 saturated carbocycles. The van der Waals surface area contributed by atoms with Gasteiger partial charge in [-0.05, 0) is 51.6 Å². The van der Waals surface area contributed by atoms with Crippen molar-refractivity contribution in [1.29, 1.82) is 0 Å². The summed E-state index contributed by atoms with van der Waals surface area (Å²) in [7, 11) is 0. The highest BCUT2D eigenvalue weighted by atomic mass is 35.5. The fraction of sp³-hybridized carbons (Fsp3) is 0.833. The van der Waals surface area contributed by atoms with E-state index in [0.29, 0.717) is 17.7 Å². The number of piperidine rings is 2. The van der Waals surface area contributed by atoms with Gasteiger partial charge >= 0.3 is 0 Å². The Labute approximate surface area is 174 Å². The Balaban J connectivity index is 0.00000182. The van der Waals surface area contributed by atoms with Gasteiger partial charge in [0.15, 0.2) is 5.69 Å². The molecule has 0 spiro atoms. The number of carbonyl (C=O) groups excluding carboxylic acids is 1. The summed E-state index contributed by atoms with van der Waals surface area (Å²) in [5.74, 6) is 0.624. The third kappa shape index (κ3) is 6.31. The van der Waals surface area contributed by atoms with Crippen LogP contribution in [0, 0.1) is 12.8 Å². The Bertz CT molecular complexity index is 580. The van der Waals surface area contributed by atoms with E-state index in [0.717, 1.165) is 64.1 Å². The molecule has 0 aromatic carbocycles. The molecule has 2 aliphatic heterocycles. The Morgan fingerprint density at radius 1 is 1.19 bits per heavy atom. The number of hydrogen-bond acceptors (Lipinski definition) is 5. The molecule has 1 amide bonds. The number of nitrogens with zero attached hydrogens (tertiary/aromatic N) is 4. The van der Waals surface area contributed by atoms with Gasteiger partial charge < -0.3 is 15.5 Å². The topological polar surface area (TPSA) is 75.1 Å². The van der Waals surface area contributed by atoms with Crippen molar-refractivity contribution in [3.05, 3.63) is 11.4 Å². The van der Waals surface area contributed by atoms with Crippen LogP contribution >= 0.6 is 24.8 Å². The molecule has 0 bridgehead atoms. The highest BCUT2D eigenvalue weighted by Crippen LogP contribution is 2.20. The molecular weight excluding hydrogens is 387 g/mol. The molecule has 3 rings (SSSR count). The monoisotopic (exact) mass is 420 g/mol. The van der Waals surface area contributed by atoms with Crippen LogP contribution in [0.2, 0.25) is 0 Å². The highest BCUT2D eigenvalue weighted by molar-refractivity contribution is 5.93. The molecule has 156 valence electrons. The van der Waals surface area contributed by atoms with E-state index >= 15 is 0 Å². The molecule has 3 heterocycles. The molecule has 2 saturated heterocycles. The van der Waals surface area contributed by atoms with Crippen molar-refractivity contribution in [1.82, 2.24) is 30.5 Å². The van der Waals surface area contributed by atoms with Gasteiger partial charge in [0.25, 0.3) is 5.91 Å². The number of amides is 1. The molecule has 2 fully saturated rings. The summed E-state index contributed by atoms with van der Waals surface area (Å²) in [5.41, 5.74) is 1.38. The average molecular weight is 421 g/mol. The van der Waals surface area contributed by atoms with Gasteiger partial charge in [0.2, 0.25) is 0 Å². The number of halogens is 2. The fourth-order valence-electron chi connectivity index (χ4n) is 3.98. The molecule has 1 aromatic rings. The minimum absolute atomic E-state index is 0. The maximum atomic E-state index is 12.6. The molecule has 0 atom stereocenters. The zero-order chi connectivity index (χ0) is 17.8. The lowest BCUT2D eigenvalue weighted by molar-refractivity contribution is 0.0901. The lowest BCUT2D eigenvalue weighted by Gasteiger charge is -2.33. The molecule has 2 N–H and O–H groups in total. The molecule has 7 nitrogen and oxygen atoms in total. The zero-order valence-corrected chi connectivity index (χ0v) is 18.2. The Morgan fingerprint density at radius 3 is 2.41 bits per heavy atom. The van der Waals surface area contributed by atoms with Crippen molar-refractivity contribution in [3.8, 4) is 0 Å². The highest BCUT2D eigenvalue weighted by Gasteiger charge is 2.26. The van der Waals surface area contributed by atoms with Gasteiger partial charge in [0.05, 0.1) is 11.7 Å². The first-order valence-electron chi connectivity index (χ1n) is 9.70. The maximum absolute atomic E-state index is 12.6. The van der Waals surface area contributed by atoms with Crippen LogP contribution in [0.3, 0.4) is 0 Å². The Morgan fingerprint density at radius 2 is 1.81 bits per heavy atom. The van der Waals surface area contributed by atoms with Crippen LogP contribution in [-0.4, -0.2) is 64.6 Å². The second-order valence-electron chi connectivity index (χ2n) is 7.89. The molecular formula is C18H34Cl2N6O. The lowest BCUT2D eigenvalue weighted by Crippen LogP contribution is -2.45. The van der Waals surface area contributed by atoms with Crippen LogP contribution in [0.5, 0.6) is 0 Å². The van der Waals surface area contributed by atoms with E-state index in [1.54, 1.807) is 0 Å². The zero-order valence-electron chi connectivity index (χ0n) is 16.6. The Hall–Kier alpha value is -0.890. The standard InChI is InChI=1S/C18H32N6O.2ClH/c1-13(2)12-23-10-6-15(7-11-23)20-18(25)17-14(3)24(22-21-17)16-4-8-19-9-5-16;;/h13,15-16,19H,4-12H2,1-3H3,(H,20,25);2*1H.